The second-order valence-electron chi connectivity index (χ2n) is 8.82. The van der Waals surface area contributed by atoms with E-state index < -0.39 is 17.3 Å². The number of hydrogen-bond donors (Lipinski definition) is 1. The fourth-order valence-corrected chi connectivity index (χ4v) is 4.33. The van der Waals surface area contributed by atoms with E-state index in [2.05, 4.69) is 10.3 Å². The van der Waals surface area contributed by atoms with E-state index in [4.69, 9.17) is 0 Å². The summed E-state index contributed by atoms with van der Waals surface area (Å²) in [5.41, 5.74) is -0.137. The number of rotatable bonds is 6. The van der Waals surface area contributed by atoms with Gasteiger partial charge in [-0.2, -0.15) is 0 Å². The Morgan fingerprint density at radius 3 is 2.83 bits per heavy atom. The van der Waals surface area contributed by atoms with Gasteiger partial charge in [0.15, 0.2) is 0 Å². The highest BCUT2D eigenvalue weighted by Crippen LogP contribution is 2.29. The molecule has 1 N–H and O–H groups in total. The monoisotopic (exact) mass is 407 g/mol. The zero-order valence-electron chi connectivity index (χ0n) is 17.1. The van der Waals surface area contributed by atoms with E-state index in [1.165, 1.54) is 12.3 Å². The van der Waals surface area contributed by atoms with Crippen molar-refractivity contribution in [3.63, 3.8) is 0 Å². The van der Waals surface area contributed by atoms with Gasteiger partial charge in [-0.3, -0.25) is 14.7 Å². The average Bonchev–Trinajstić information content (AvgIpc) is 2.59. The number of hydrogen-bond acceptors (Lipinski definition) is 3. The number of nitrogens with zero attached hydrogens (tertiary/aromatic N) is 2. The predicted octanol–water partition coefficient (Wildman–Crippen LogP) is 4.64. The molecule has 0 saturated carbocycles. The van der Waals surface area contributed by atoms with Gasteiger partial charge in [0.1, 0.15) is 11.3 Å². The molecule has 1 atom stereocenters. The molecule has 0 bridgehead atoms. The molecule has 1 saturated heterocycles. The van der Waals surface area contributed by atoms with Crippen LogP contribution in [0.3, 0.4) is 0 Å². The van der Waals surface area contributed by atoms with Crippen LogP contribution < -0.4 is 5.32 Å². The first kappa shape index (κ1) is 21.6. The van der Waals surface area contributed by atoms with Crippen LogP contribution in [0.4, 0.5) is 13.2 Å². The molecule has 0 spiro atoms. The summed E-state index contributed by atoms with van der Waals surface area (Å²) in [5, 5.41) is 3.58. The van der Waals surface area contributed by atoms with Crippen molar-refractivity contribution in [3.05, 3.63) is 41.8 Å². The minimum atomic E-state index is -2.69. The van der Waals surface area contributed by atoms with Crippen LogP contribution in [-0.4, -0.2) is 46.9 Å². The number of likely N-dealkylation sites (tertiary alicyclic amines) is 1. The van der Waals surface area contributed by atoms with E-state index >= 15 is 0 Å². The van der Waals surface area contributed by atoms with E-state index in [0.717, 1.165) is 0 Å². The van der Waals surface area contributed by atoms with Crippen molar-refractivity contribution in [2.75, 3.05) is 19.6 Å². The van der Waals surface area contributed by atoms with Gasteiger partial charge < -0.3 is 5.32 Å². The number of amides is 1. The van der Waals surface area contributed by atoms with E-state index in [1.54, 1.807) is 23.1 Å². The van der Waals surface area contributed by atoms with Crippen molar-refractivity contribution in [1.82, 2.24) is 15.2 Å². The first-order valence-corrected chi connectivity index (χ1v) is 10.0. The van der Waals surface area contributed by atoms with Crippen LogP contribution in [-0.2, 0) is 0 Å². The molecule has 1 aromatic heterocycles. The van der Waals surface area contributed by atoms with Gasteiger partial charge in [-0.05, 0) is 44.4 Å². The molecule has 1 aliphatic rings. The third-order valence-corrected chi connectivity index (χ3v) is 5.24. The van der Waals surface area contributed by atoms with Crippen molar-refractivity contribution in [2.45, 2.75) is 51.5 Å². The largest absolute Gasteiger partial charge is 0.346 e. The molecule has 158 valence electrons. The summed E-state index contributed by atoms with van der Waals surface area (Å²) in [6, 6.07) is 6.19. The Hall–Kier alpha value is -2.15. The van der Waals surface area contributed by atoms with E-state index in [0.29, 0.717) is 36.9 Å². The number of pyridine rings is 1. The standard InChI is InChI=1S/C22H28F3N3O/c1-15(2)11-21(3,13-28-9-5-8-22(24,25)14-28)27-20(29)17-10-16-6-4-7-18(23)19(16)26-12-17/h4,6-7,10,12,15H,5,8-9,11,13-14H2,1-3H3,(H,27,29)/t21-/m0/s1. The van der Waals surface area contributed by atoms with Crippen molar-refractivity contribution < 1.29 is 18.0 Å². The topological polar surface area (TPSA) is 45.2 Å². The molecule has 0 radical (unpaired) electrons. The lowest BCUT2D eigenvalue weighted by Crippen LogP contribution is -2.57. The third-order valence-electron chi connectivity index (χ3n) is 5.24. The van der Waals surface area contributed by atoms with Gasteiger partial charge in [0.05, 0.1) is 17.6 Å². The first-order chi connectivity index (χ1) is 13.6. The van der Waals surface area contributed by atoms with Crippen LogP contribution in [0.1, 0.15) is 50.4 Å². The molecule has 1 fully saturated rings. The Labute approximate surface area is 169 Å². The van der Waals surface area contributed by atoms with Crippen molar-refractivity contribution in [3.8, 4) is 0 Å². The number of aromatic nitrogens is 1. The Morgan fingerprint density at radius 2 is 2.14 bits per heavy atom. The smallest absolute Gasteiger partial charge is 0.260 e. The molecular formula is C22H28F3N3O. The maximum atomic E-state index is 13.8. The van der Waals surface area contributed by atoms with Gasteiger partial charge in [-0.25, -0.2) is 13.2 Å². The highest BCUT2D eigenvalue weighted by molar-refractivity contribution is 5.97. The third kappa shape index (κ3) is 5.47. The molecule has 1 aromatic carbocycles. The van der Waals surface area contributed by atoms with Crippen LogP contribution in [0.2, 0.25) is 0 Å². The minimum Gasteiger partial charge on any atom is -0.346 e. The summed E-state index contributed by atoms with van der Waals surface area (Å²) in [6.07, 6.45) is 2.36. The molecule has 0 unspecified atom stereocenters. The predicted molar refractivity (Wildman–Crippen MR) is 108 cm³/mol. The Kier molecular flexibility index (Phi) is 6.17. The Morgan fingerprint density at radius 1 is 1.38 bits per heavy atom. The lowest BCUT2D eigenvalue weighted by molar-refractivity contribution is -0.0691. The van der Waals surface area contributed by atoms with Crippen molar-refractivity contribution in [1.29, 1.82) is 0 Å². The lowest BCUT2D eigenvalue weighted by atomic mass is 9.88. The molecule has 3 rings (SSSR count). The van der Waals surface area contributed by atoms with Crippen LogP contribution in [0.25, 0.3) is 10.9 Å². The summed E-state index contributed by atoms with van der Waals surface area (Å²) in [5.74, 6) is -3.19. The van der Waals surface area contributed by atoms with Gasteiger partial charge in [0.25, 0.3) is 11.8 Å². The second-order valence-corrected chi connectivity index (χ2v) is 8.82. The molecule has 2 aromatic rings. The number of alkyl halides is 2. The molecule has 29 heavy (non-hydrogen) atoms. The number of nitrogens with one attached hydrogen (secondary N) is 1. The number of benzene rings is 1. The highest BCUT2D eigenvalue weighted by Gasteiger charge is 2.38. The van der Waals surface area contributed by atoms with E-state index in [-0.39, 0.29) is 30.3 Å². The molecule has 0 aliphatic carbocycles. The number of carbonyl (C=O) groups excluding carboxylic acids is 1. The maximum Gasteiger partial charge on any atom is 0.260 e. The van der Waals surface area contributed by atoms with Gasteiger partial charge in [0, 0.05) is 24.5 Å². The zero-order chi connectivity index (χ0) is 21.2. The van der Waals surface area contributed by atoms with Crippen LogP contribution in [0.5, 0.6) is 0 Å². The maximum absolute atomic E-state index is 13.8. The van der Waals surface area contributed by atoms with Crippen LogP contribution in [0, 0.1) is 11.7 Å². The molecule has 1 aliphatic heterocycles. The van der Waals surface area contributed by atoms with E-state index in [9.17, 15) is 18.0 Å². The lowest BCUT2D eigenvalue weighted by Gasteiger charge is -2.40. The first-order valence-electron chi connectivity index (χ1n) is 10.0. The van der Waals surface area contributed by atoms with Crippen LogP contribution in [0.15, 0.2) is 30.5 Å². The summed E-state index contributed by atoms with van der Waals surface area (Å²) in [7, 11) is 0. The van der Waals surface area contributed by atoms with Gasteiger partial charge in [-0.1, -0.05) is 26.0 Å². The number of carbonyl (C=O) groups is 1. The Bertz CT molecular complexity index is 887. The number of para-hydroxylation sites is 1. The summed E-state index contributed by atoms with van der Waals surface area (Å²) < 4.78 is 41.5. The quantitative estimate of drug-likeness (QED) is 0.759. The fourth-order valence-electron chi connectivity index (χ4n) is 4.33. The summed E-state index contributed by atoms with van der Waals surface area (Å²) in [6.45, 7) is 6.63. The second kappa shape index (κ2) is 8.30. The molecule has 1 amide bonds. The molecule has 7 heteroatoms. The average molecular weight is 407 g/mol. The van der Waals surface area contributed by atoms with E-state index in [1.807, 2.05) is 20.8 Å². The zero-order valence-corrected chi connectivity index (χ0v) is 17.1. The normalized spacial score (nSPS) is 19.3. The minimum absolute atomic E-state index is 0.0872. The van der Waals surface area contributed by atoms with Gasteiger partial charge >= 0.3 is 0 Å². The highest BCUT2D eigenvalue weighted by atomic mass is 19.3. The Balaban J connectivity index is 1.79. The number of piperidine rings is 1. The van der Waals surface area contributed by atoms with Crippen molar-refractivity contribution in [2.24, 2.45) is 5.92 Å². The van der Waals surface area contributed by atoms with Crippen molar-refractivity contribution >= 4 is 16.8 Å². The fraction of sp³-hybridized carbons (Fsp3) is 0.545. The SMILES string of the molecule is CC(C)C[C@@](C)(CN1CCCC(F)(F)C1)NC(=O)c1cnc2c(F)cccc2c1. The summed E-state index contributed by atoms with van der Waals surface area (Å²) >= 11 is 0. The number of halogens is 3. The van der Waals surface area contributed by atoms with Gasteiger partial charge in [-0.15, -0.1) is 0 Å². The van der Waals surface area contributed by atoms with Crippen LogP contribution >= 0.6 is 0 Å². The summed E-state index contributed by atoms with van der Waals surface area (Å²) in [4.78, 5) is 18.7. The molecular weight excluding hydrogens is 379 g/mol. The van der Waals surface area contributed by atoms with Gasteiger partial charge in [0.2, 0.25) is 0 Å². The molecule has 4 nitrogen and oxygen atoms in total. The molecule has 2 heterocycles. The number of fused-ring (bicyclic) bond motifs is 1.